The van der Waals surface area contributed by atoms with Gasteiger partial charge in [-0.2, -0.15) is 0 Å². The van der Waals surface area contributed by atoms with E-state index in [0.29, 0.717) is 40.8 Å². The van der Waals surface area contributed by atoms with Crippen LogP contribution in [0.4, 0.5) is 11.4 Å². The van der Waals surface area contributed by atoms with E-state index in [1.54, 1.807) is 48.5 Å². The summed E-state index contributed by atoms with van der Waals surface area (Å²) in [5.41, 5.74) is 2.37. The van der Waals surface area contributed by atoms with Crippen LogP contribution in [0, 0.1) is 10.1 Å². The Balaban J connectivity index is 1.51. The van der Waals surface area contributed by atoms with Crippen LogP contribution in [-0.4, -0.2) is 29.7 Å². The molecule has 36 heavy (non-hydrogen) atoms. The summed E-state index contributed by atoms with van der Waals surface area (Å²) in [6.45, 7) is 2.54. The molecular formula is C26H23N3O6S. The number of nitrogens with zero attached hydrogens (tertiary/aromatic N) is 2. The Morgan fingerprint density at radius 3 is 2.47 bits per heavy atom. The number of rotatable bonds is 9. The van der Waals surface area contributed by atoms with Crippen LogP contribution in [0.1, 0.15) is 18.1 Å². The summed E-state index contributed by atoms with van der Waals surface area (Å²) in [6, 6.07) is 18.6. The molecule has 3 aromatic carbocycles. The second kappa shape index (κ2) is 10.9. The van der Waals surface area contributed by atoms with E-state index in [4.69, 9.17) is 26.4 Å². The molecule has 1 aliphatic rings. The number of para-hydroxylation sites is 2. The van der Waals surface area contributed by atoms with Crippen LogP contribution >= 0.6 is 12.2 Å². The Morgan fingerprint density at radius 2 is 1.78 bits per heavy atom. The van der Waals surface area contributed by atoms with E-state index in [9.17, 15) is 14.9 Å². The first-order valence-corrected chi connectivity index (χ1v) is 11.4. The third-order valence-electron chi connectivity index (χ3n) is 5.32. The number of nitro groups is 1. The maximum absolute atomic E-state index is 13.2. The smallest absolute Gasteiger partial charge is 0.281 e. The summed E-state index contributed by atoms with van der Waals surface area (Å²) in [5, 5.41) is 14.0. The van der Waals surface area contributed by atoms with Crippen LogP contribution in [0.5, 0.6) is 17.2 Å². The molecule has 0 radical (unpaired) electrons. The third-order valence-corrected chi connectivity index (χ3v) is 5.61. The van der Waals surface area contributed by atoms with Crippen molar-refractivity contribution >= 4 is 40.7 Å². The van der Waals surface area contributed by atoms with Gasteiger partial charge in [0.1, 0.15) is 18.1 Å². The number of benzene rings is 3. The van der Waals surface area contributed by atoms with Gasteiger partial charge in [0.25, 0.3) is 11.6 Å². The van der Waals surface area contributed by atoms with E-state index in [0.717, 1.165) is 5.56 Å². The standard InChI is InChI=1S/C26H23N3O6S/c1-3-34-22-7-5-4-6-21(22)28-25(30)20(27-26(28)36)14-18-10-13-23(24(15-18)33-2)35-16-17-8-11-19(12-9-17)29(31)32/h4-15H,3,16H2,1-2H3,(H,27,36)/b20-14+. The van der Waals surface area contributed by atoms with E-state index in [1.165, 1.54) is 24.1 Å². The van der Waals surface area contributed by atoms with E-state index in [2.05, 4.69) is 5.32 Å². The highest BCUT2D eigenvalue weighted by atomic mass is 32.1. The van der Waals surface area contributed by atoms with Gasteiger partial charge in [0.2, 0.25) is 0 Å². The zero-order valence-electron chi connectivity index (χ0n) is 19.6. The van der Waals surface area contributed by atoms with Crippen molar-refractivity contribution in [3.63, 3.8) is 0 Å². The largest absolute Gasteiger partial charge is 0.493 e. The van der Waals surface area contributed by atoms with Crippen molar-refractivity contribution in [3.05, 3.63) is 93.7 Å². The maximum atomic E-state index is 13.2. The molecule has 0 spiro atoms. The molecule has 0 atom stereocenters. The lowest BCUT2D eigenvalue weighted by molar-refractivity contribution is -0.384. The molecule has 1 amide bonds. The predicted molar refractivity (Wildman–Crippen MR) is 139 cm³/mol. The number of amides is 1. The first-order chi connectivity index (χ1) is 17.4. The molecule has 3 aromatic rings. The van der Waals surface area contributed by atoms with Crippen LogP contribution in [0.3, 0.4) is 0 Å². The number of anilines is 1. The first-order valence-electron chi connectivity index (χ1n) is 11.0. The van der Waals surface area contributed by atoms with Crippen molar-refractivity contribution in [2.24, 2.45) is 0 Å². The molecule has 0 aromatic heterocycles. The second-order valence-electron chi connectivity index (χ2n) is 7.65. The molecule has 10 heteroatoms. The van der Waals surface area contributed by atoms with Crippen LogP contribution < -0.4 is 24.4 Å². The van der Waals surface area contributed by atoms with Gasteiger partial charge < -0.3 is 19.5 Å². The Labute approximate surface area is 213 Å². The molecule has 1 heterocycles. The van der Waals surface area contributed by atoms with Gasteiger partial charge in [0.15, 0.2) is 16.6 Å². The van der Waals surface area contributed by atoms with Gasteiger partial charge in [-0.1, -0.05) is 18.2 Å². The van der Waals surface area contributed by atoms with Crippen molar-refractivity contribution in [1.29, 1.82) is 0 Å². The highest BCUT2D eigenvalue weighted by molar-refractivity contribution is 7.80. The fourth-order valence-electron chi connectivity index (χ4n) is 3.61. The molecule has 4 rings (SSSR count). The highest BCUT2D eigenvalue weighted by Gasteiger charge is 2.33. The van der Waals surface area contributed by atoms with Gasteiger partial charge >= 0.3 is 0 Å². The summed E-state index contributed by atoms with van der Waals surface area (Å²) in [5.74, 6) is 1.23. The first kappa shape index (κ1) is 24.7. The number of hydrogen-bond donors (Lipinski definition) is 1. The number of carbonyl (C=O) groups excluding carboxylic acids is 1. The SMILES string of the molecule is CCOc1ccccc1N1C(=O)/C(=C\c2ccc(OCc3ccc([N+](=O)[O-])cc3)c(OC)c2)NC1=S. The molecule has 184 valence electrons. The second-order valence-corrected chi connectivity index (χ2v) is 8.04. The number of nitrogens with one attached hydrogen (secondary N) is 1. The summed E-state index contributed by atoms with van der Waals surface area (Å²) < 4.78 is 17.0. The lowest BCUT2D eigenvalue weighted by Crippen LogP contribution is -2.30. The summed E-state index contributed by atoms with van der Waals surface area (Å²) in [6.07, 6.45) is 1.68. The quantitative estimate of drug-likeness (QED) is 0.191. The van der Waals surface area contributed by atoms with Gasteiger partial charge in [0.05, 0.1) is 24.3 Å². The number of nitro benzene ring substituents is 1. The van der Waals surface area contributed by atoms with Crippen LogP contribution in [0.15, 0.2) is 72.4 Å². The minimum Gasteiger partial charge on any atom is -0.493 e. The molecule has 0 aliphatic carbocycles. The minimum atomic E-state index is -0.450. The normalized spacial score (nSPS) is 14.1. The fourth-order valence-corrected chi connectivity index (χ4v) is 3.90. The van der Waals surface area contributed by atoms with Gasteiger partial charge in [-0.05, 0) is 72.7 Å². The van der Waals surface area contributed by atoms with Crippen molar-refractivity contribution in [1.82, 2.24) is 5.32 Å². The summed E-state index contributed by atoms with van der Waals surface area (Å²) >= 11 is 5.42. The highest BCUT2D eigenvalue weighted by Crippen LogP contribution is 2.33. The van der Waals surface area contributed by atoms with Gasteiger partial charge in [0, 0.05) is 12.1 Å². The van der Waals surface area contributed by atoms with E-state index in [-0.39, 0.29) is 23.3 Å². The maximum Gasteiger partial charge on any atom is 0.281 e. The average Bonchev–Trinajstić information content (AvgIpc) is 3.16. The van der Waals surface area contributed by atoms with Gasteiger partial charge in [-0.15, -0.1) is 0 Å². The number of hydrogen-bond acceptors (Lipinski definition) is 7. The van der Waals surface area contributed by atoms with Crippen molar-refractivity contribution < 1.29 is 23.9 Å². The summed E-state index contributed by atoms with van der Waals surface area (Å²) in [7, 11) is 1.52. The molecule has 9 nitrogen and oxygen atoms in total. The molecule has 0 unspecified atom stereocenters. The number of ether oxygens (including phenoxy) is 3. The fraction of sp³-hybridized carbons (Fsp3) is 0.154. The van der Waals surface area contributed by atoms with Crippen molar-refractivity contribution in [2.45, 2.75) is 13.5 Å². The minimum absolute atomic E-state index is 0.0169. The predicted octanol–water partition coefficient (Wildman–Crippen LogP) is 4.84. The lowest BCUT2D eigenvalue weighted by atomic mass is 10.1. The molecule has 0 saturated carbocycles. The monoisotopic (exact) mass is 505 g/mol. The van der Waals surface area contributed by atoms with E-state index < -0.39 is 4.92 Å². The van der Waals surface area contributed by atoms with Crippen LogP contribution in [-0.2, 0) is 11.4 Å². The third kappa shape index (κ3) is 5.28. The van der Waals surface area contributed by atoms with Crippen LogP contribution in [0.25, 0.3) is 6.08 Å². The van der Waals surface area contributed by atoms with Gasteiger partial charge in [-0.3, -0.25) is 14.9 Å². The lowest BCUT2D eigenvalue weighted by Gasteiger charge is -2.17. The van der Waals surface area contributed by atoms with E-state index in [1.807, 2.05) is 19.1 Å². The van der Waals surface area contributed by atoms with E-state index >= 15 is 0 Å². The number of carbonyl (C=O) groups is 1. The topological polar surface area (TPSA) is 103 Å². The van der Waals surface area contributed by atoms with Crippen molar-refractivity contribution in [2.75, 3.05) is 18.6 Å². The molecule has 1 fully saturated rings. The Morgan fingerprint density at radius 1 is 1.03 bits per heavy atom. The average molecular weight is 506 g/mol. The zero-order chi connectivity index (χ0) is 25.7. The Hall–Kier alpha value is -4.44. The molecule has 1 N–H and O–H groups in total. The Kier molecular flexibility index (Phi) is 7.45. The number of methoxy groups -OCH3 is 1. The molecule has 1 saturated heterocycles. The van der Waals surface area contributed by atoms with Crippen molar-refractivity contribution in [3.8, 4) is 17.2 Å². The van der Waals surface area contributed by atoms with Crippen LogP contribution in [0.2, 0.25) is 0 Å². The number of thiocarbonyl (C=S) groups is 1. The molecule has 0 bridgehead atoms. The summed E-state index contributed by atoms with van der Waals surface area (Å²) in [4.78, 5) is 24.9. The van der Waals surface area contributed by atoms with Gasteiger partial charge in [-0.25, -0.2) is 4.90 Å². The molecule has 1 aliphatic heterocycles. The number of non-ortho nitro benzene ring substituents is 1. The Bertz CT molecular complexity index is 1340. The zero-order valence-corrected chi connectivity index (χ0v) is 20.4. The molecular weight excluding hydrogens is 482 g/mol.